The number of aromatic nitrogens is 1. The highest BCUT2D eigenvalue weighted by atomic mass is 19.1. The number of benzene rings is 1. The van der Waals surface area contributed by atoms with Crippen molar-refractivity contribution >= 4 is 22.5 Å². The van der Waals surface area contributed by atoms with Gasteiger partial charge in [0.2, 0.25) is 0 Å². The number of hydrogen-bond acceptors (Lipinski definition) is 4. The molecular formula is C18H17FN4O. The first-order valence-corrected chi connectivity index (χ1v) is 8.13. The molecular weight excluding hydrogens is 307 g/mol. The van der Waals surface area contributed by atoms with Crippen molar-refractivity contribution in [2.45, 2.75) is 18.5 Å². The number of pyridine rings is 1. The molecule has 1 aromatic carbocycles. The number of fused-ring (bicyclic) bond motifs is 1. The molecule has 5 nitrogen and oxygen atoms in total. The predicted octanol–water partition coefficient (Wildman–Crippen LogP) is 2.26. The van der Waals surface area contributed by atoms with Crippen molar-refractivity contribution in [3.8, 4) is 6.07 Å². The summed E-state index contributed by atoms with van der Waals surface area (Å²) in [7, 11) is 0. The van der Waals surface area contributed by atoms with Crippen molar-refractivity contribution in [2.75, 3.05) is 31.1 Å². The first-order chi connectivity index (χ1) is 11.6. The normalized spacial score (nSPS) is 19.2. The first-order valence-electron chi connectivity index (χ1n) is 8.13. The Morgan fingerprint density at radius 1 is 1.21 bits per heavy atom. The maximum Gasteiger partial charge on any atom is 0.260 e. The smallest absolute Gasteiger partial charge is 0.260 e. The Hall–Kier alpha value is -2.68. The summed E-state index contributed by atoms with van der Waals surface area (Å²) in [6, 6.07) is 9.92. The number of para-hydroxylation sites is 1. The summed E-state index contributed by atoms with van der Waals surface area (Å²) in [6.07, 6.45) is 2.29. The largest absolute Gasteiger partial charge is 0.366 e. The summed E-state index contributed by atoms with van der Waals surface area (Å²) < 4.78 is 14.0. The highest BCUT2D eigenvalue weighted by Gasteiger charge is 2.53. The summed E-state index contributed by atoms with van der Waals surface area (Å²) in [4.78, 5) is 20.2. The molecule has 0 bridgehead atoms. The van der Waals surface area contributed by atoms with E-state index in [1.165, 1.54) is 0 Å². The van der Waals surface area contributed by atoms with Crippen LogP contribution in [0.2, 0.25) is 0 Å². The monoisotopic (exact) mass is 324 g/mol. The second-order valence-electron chi connectivity index (χ2n) is 6.39. The third kappa shape index (κ3) is 2.37. The first kappa shape index (κ1) is 14.9. The lowest BCUT2D eigenvalue weighted by atomic mass is 10.1. The van der Waals surface area contributed by atoms with Gasteiger partial charge in [0.15, 0.2) is 5.67 Å². The number of halogens is 1. The van der Waals surface area contributed by atoms with E-state index in [0.717, 1.165) is 16.6 Å². The van der Waals surface area contributed by atoms with Crippen LogP contribution in [0, 0.1) is 11.3 Å². The van der Waals surface area contributed by atoms with Crippen molar-refractivity contribution in [3.63, 3.8) is 0 Å². The molecule has 122 valence electrons. The summed E-state index contributed by atoms with van der Waals surface area (Å²) >= 11 is 0. The van der Waals surface area contributed by atoms with Crippen LogP contribution in [-0.2, 0) is 4.79 Å². The molecule has 2 aliphatic rings. The molecule has 1 aliphatic carbocycles. The highest BCUT2D eigenvalue weighted by Crippen LogP contribution is 2.41. The van der Waals surface area contributed by atoms with Crippen molar-refractivity contribution in [2.24, 2.45) is 0 Å². The van der Waals surface area contributed by atoms with Crippen LogP contribution >= 0.6 is 0 Å². The van der Waals surface area contributed by atoms with Crippen LogP contribution < -0.4 is 4.90 Å². The molecule has 2 heterocycles. The second-order valence-corrected chi connectivity index (χ2v) is 6.39. The minimum atomic E-state index is -1.61. The van der Waals surface area contributed by atoms with Crippen molar-refractivity contribution < 1.29 is 9.18 Å². The Labute approximate surface area is 139 Å². The fourth-order valence-electron chi connectivity index (χ4n) is 3.29. The lowest BCUT2D eigenvalue weighted by Crippen LogP contribution is -2.51. The number of nitrogens with zero attached hydrogens (tertiary/aromatic N) is 4. The molecule has 2 aromatic rings. The minimum absolute atomic E-state index is 0.347. The molecule has 4 rings (SSSR count). The Kier molecular flexibility index (Phi) is 3.38. The molecule has 2 fully saturated rings. The zero-order valence-electron chi connectivity index (χ0n) is 13.2. The summed E-state index contributed by atoms with van der Waals surface area (Å²) in [5.74, 6) is -0.373. The molecule has 24 heavy (non-hydrogen) atoms. The van der Waals surface area contributed by atoms with Crippen LogP contribution in [-0.4, -0.2) is 47.6 Å². The van der Waals surface area contributed by atoms with Gasteiger partial charge in [0.05, 0.1) is 16.8 Å². The van der Waals surface area contributed by atoms with Gasteiger partial charge in [0.1, 0.15) is 6.07 Å². The fraction of sp³-hybridized carbons (Fsp3) is 0.389. The summed E-state index contributed by atoms with van der Waals surface area (Å²) in [5.41, 5.74) is 0.614. The van der Waals surface area contributed by atoms with Crippen LogP contribution in [0.5, 0.6) is 0 Å². The van der Waals surface area contributed by atoms with Gasteiger partial charge >= 0.3 is 0 Å². The number of carbonyl (C=O) groups is 1. The molecule has 1 saturated carbocycles. The number of piperazine rings is 1. The van der Waals surface area contributed by atoms with Crippen LogP contribution in [0.4, 0.5) is 10.1 Å². The van der Waals surface area contributed by atoms with Crippen LogP contribution in [0.3, 0.4) is 0 Å². The topological polar surface area (TPSA) is 60.2 Å². The van der Waals surface area contributed by atoms with Gasteiger partial charge < -0.3 is 9.80 Å². The predicted molar refractivity (Wildman–Crippen MR) is 88.3 cm³/mol. The third-order valence-electron chi connectivity index (χ3n) is 4.82. The SMILES string of the molecule is N#Cc1cnc2ccccc2c1N1CCN(C(=O)C2(F)CC2)CC1. The average molecular weight is 324 g/mol. The van der Waals surface area contributed by atoms with E-state index in [0.29, 0.717) is 44.6 Å². The molecule has 0 spiro atoms. The number of rotatable bonds is 2. The van der Waals surface area contributed by atoms with Crippen LogP contribution in [0.1, 0.15) is 18.4 Å². The maximum atomic E-state index is 14.0. The molecule has 1 aliphatic heterocycles. The van der Waals surface area contributed by atoms with Crippen molar-refractivity contribution in [1.29, 1.82) is 5.26 Å². The number of amides is 1. The fourth-order valence-corrected chi connectivity index (χ4v) is 3.29. The molecule has 0 radical (unpaired) electrons. The van der Waals surface area contributed by atoms with Crippen LogP contribution in [0.25, 0.3) is 10.9 Å². The van der Waals surface area contributed by atoms with Gasteiger partial charge in [0, 0.05) is 37.8 Å². The van der Waals surface area contributed by atoms with Crippen LogP contribution in [0.15, 0.2) is 30.5 Å². The zero-order valence-corrected chi connectivity index (χ0v) is 13.2. The lowest BCUT2D eigenvalue weighted by molar-refractivity contribution is -0.138. The van der Waals surface area contributed by atoms with E-state index in [4.69, 9.17) is 0 Å². The molecule has 1 aromatic heterocycles. The Morgan fingerprint density at radius 2 is 1.92 bits per heavy atom. The zero-order chi connectivity index (χ0) is 16.7. The second kappa shape index (κ2) is 5.45. The van der Waals surface area contributed by atoms with Crippen molar-refractivity contribution in [1.82, 2.24) is 9.88 Å². The minimum Gasteiger partial charge on any atom is -0.366 e. The number of hydrogen-bond donors (Lipinski definition) is 0. The van der Waals surface area contributed by atoms with E-state index in [1.54, 1.807) is 11.1 Å². The van der Waals surface area contributed by atoms with Crippen molar-refractivity contribution in [3.05, 3.63) is 36.0 Å². The van der Waals surface area contributed by atoms with Gasteiger partial charge in [-0.3, -0.25) is 9.78 Å². The number of carbonyl (C=O) groups excluding carboxylic acids is 1. The van der Waals surface area contributed by atoms with Gasteiger partial charge in [-0.1, -0.05) is 18.2 Å². The van der Waals surface area contributed by atoms with Gasteiger partial charge in [0.25, 0.3) is 5.91 Å². The molecule has 1 saturated heterocycles. The number of anilines is 1. The highest BCUT2D eigenvalue weighted by molar-refractivity contribution is 5.94. The Balaban J connectivity index is 1.61. The van der Waals surface area contributed by atoms with Gasteiger partial charge in [-0.2, -0.15) is 5.26 Å². The molecule has 0 unspecified atom stereocenters. The summed E-state index contributed by atoms with van der Waals surface area (Å²) in [6.45, 7) is 2.13. The molecule has 0 N–H and O–H groups in total. The van der Waals surface area contributed by atoms with E-state index < -0.39 is 5.67 Å². The summed E-state index contributed by atoms with van der Waals surface area (Å²) in [5, 5.41) is 10.4. The molecule has 6 heteroatoms. The van der Waals surface area contributed by atoms with E-state index in [1.807, 2.05) is 24.3 Å². The lowest BCUT2D eigenvalue weighted by Gasteiger charge is -2.37. The van der Waals surface area contributed by atoms with E-state index in [-0.39, 0.29) is 5.91 Å². The molecule has 0 atom stereocenters. The average Bonchev–Trinajstić information content (AvgIpc) is 3.39. The van der Waals surface area contributed by atoms with Gasteiger partial charge in [-0.25, -0.2) is 4.39 Å². The van der Waals surface area contributed by atoms with Gasteiger partial charge in [-0.05, 0) is 18.9 Å². The quantitative estimate of drug-likeness (QED) is 0.850. The third-order valence-corrected chi connectivity index (χ3v) is 4.82. The standard InChI is InChI=1S/C18H17FN4O/c19-18(5-6-18)17(24)23-9-7-22(8-10-23)16-13(11-20)12-21-15-4-2-1-3-14(15)16/h1-4,12H,5-10H2. The van der Waals surface area contributed by atoms with Gasteiger partial charge in [-0.15, -0.1) is 0 Å². The number of alkyl halides is 1. The Bertz CT molecular complexity index is 848. The van der Waals surface area contributed by atoms with E-state index in [9.17, 15) is 14.4 Å². The number of nitriles is 1. The molecule has 1 amide bonds. The van der Waals surface area contributed by atoms with E-state index >= 15 is 0 Å². The Morgan fingerprint density at radius 3 is 2.58 bits per heavy atom. The van der Waals surface area contributed by atoms with E-state index in [2.05, 4.69) is 16.0 Å². The maximum absolute atomic E-state index is 14.0.